The molecule has 1 fully saturated rings. The van der Waals surface area contributed by atoms with Crippen LogP contribution in [0.2, 0.25) is 0 Å². The van der Waals surface area contributed by atoms with Crippen molar-refractivity contribution in [2.75, 3.05) is 46.9 Å². The van der Waals surface area contributed by atoms with Gasteiger partial charge >= 0.3 is 0 Å². The Morgan fingerprint density at radius 3 is 2.86 bits per heavy atom. The van der Waals surface area contributed by atoms with Crippen molar-refractivity contribution in [2.45, 2.75) is 32.7 Å². The van der Waals surface area contributed by atoms with Crippen LogP contribution in [0.1, 0.15) is 26.7 Å². The van der Waals surface area contributed by atoms with Crippen molar-refractivity contribution in [2.24, 2.45) is 5.92 Å². The summed E-state index contributed by atoms with van der Waals surface area (Å²) >= 11 is 0. The predicted molar refractivity (Wildman–Crippen MR) is 82.0 cm³/mol. The van der Waals surface area contributed by atoms with E-state index < -0.39 is 0 Å². The summed E-state index contributed by atoms with van der Waals surface area (Å²) in [6.07, 6.45) is 1.28. The number of carbonyl (C=O) groups is 2. The second-order valence-electron chi connectivity index (χ2n) is 6.04. The summed E-state index contributed by atoms with van der Waals surface area (Å²) in [5, 5.41) is 2.86. The Hall–Kier alpha value is -1.14. The lowest BCUT2D eigenvalue weighted by molar-refractivity contribution is -0.138. The molecule has 1 N–H and O–H groups in total. The first kappa shape index (κ1) is 17.9. The lowest BCUT2D eigenvalue weighted by Crippen LogP contribution is -2.56. The Morgan fingerprint density at radius 1 is 1.52 bits per heavy atom. The Balaban J connectivity index is 2.57. The van der Waals surface area contributed by atoms with Gasteiger partial charge in [-0.2, -0.15) is 0 Å². The Kier molecular flexibility index (Phi) is 7.67. The number of rotatable bonds is 8. The maximum absolute atomic E-state index is 12.2. The standard InChI is InChI=1S/C15H29N3O3/c1-12(2)5-7-18-8-6-16-15(20)13(18)11-14(19)17(3)9-10-21-4/h12-13H,5-11H2,1-4H3,(H,16,20)/t13-/m1/s1. The molecule has 1 heterocycles. The maximum Gasteiger partial charge on any atom is 0.237 e. The average molecular weight is 299 g/mol. The van der Waals surface area contributed by atoms with Gasteiger partial charge in [0.1, 0.15) is 0 Å². The third kappa shape index (κ3) is 6.01. The minimum atomic E-state index is -0.338. The van der Waals surface area contributed by atoms with Gasteiger partial charge in [-0.1, -0.05) is 13.8 Å². The predicted octanol–water partition coefficient (Wildman–Crippen LogP) is 0.328. The Morgan fingerprint density at radius 2 is 2.24 bits per heavy atom. The van der Waals surface area contributed by atoms with Crippen LogP contribution in [0, 0.1) is 5.92 Å². The molecule has 1 atom stereocenters. The van der Waals surface area contributed by atoms with Crippen LogP contribution < -0.4 is 5.32 Å². The van der Waals surface area contributed by atoms with Crippen LogP contribution >= 0.6 is 0 Å². The maximum atomic E-state index is 12.2. The average Bonchev–Trinajstić information content (AvgIpc) is 2.45. The highest BCUT2D eigenvalue weighted by Crippen LogP contribution is 2.13. The topological polar surface area (TPSA) is 61.9 Å². The van der Waals surface area contributed by atoms with Crippen LogP contribution in [0.15, 0.2) is 0 Å². The first-order valence-corrected chi connectivity index (χ1v) is 7.70. The summed E-state index contributed by atoms with van der Waals surface area (Å²) in [6.45, 7) is 7.75. The molecule has 1 aliphatic rings. The van der Waals surface area contributed by atoms with E-state index >= 15 is 0 Å². The van der Waals surface area contributed by atoms with Gasteiger partial charge in [0, 0.05) is 33.8 Å². The van der Waals surface area contributed by atoms with Gasteiger partial charge in [0.2, 0.25) is 11.8 Å². The smallest absolute Gasteiger partial charge is 0.237 e. The molecule has 6 nitrogen and oxygen atoms in total. The van der Waals surface area contributed by atoms with Crippen molar-refractivity contribution in [1.29, 1.82) is 0 Å². The van der Waals surface area contributed by atoms with Crippen molar-refractivity contribution >= 4 is 11.8 Å². The van der Waals surface area contributed by atoms with E-state index in [0.717, 1.165) is 19.5 Å². The molecule has 1 aliphatic heterocycles. The third-order valence-electron chi connectivity index (χ3n) is 3.86. The Labute approximate surface area is 127 Å². The fourth-order valence-corrected chi connectivity index (χ4v) is 2.35. The third-order valence-corrected chi connectivity index (χ3v) is 3.86. The number of hydrogen-bond donors (Lipinski definition) is 1. The molecule has 0 aromatic carbocycles. The highest BCUT2D eigenvalue weighted by Gasteiger charge is 2.32. The summed E-state index contributed by atoms with van der Waals surface area (Å²) in [5.74, 6) is 0.554. The van der Waals surface area contributed by atoms with Crippen molar-refractivity contribution in [3.8, 4) is 0 Å². The molecule has 2 amide bonds. The molecule has 0 aromatic rings. The van der Waals surface area contributed by atoms with E-state index in [1.54, 1.807) is 19.1 Å². The molecule has 1 saturated heterocycles. The number of nitrogens with one attached hydrogen (secondary N) is 1. The van der Waals surface area contributed by atoms with E-state index in [4.69, 9.17) is 4.74 Å². The fraction of sp³-hybridized carbons (Fsp3) is 0.867. The molecular weight excluding hydrogens is 270 g/mol. The molecule has 6 heteroatoms. The van der Waals surface area contributed by atoms with E-state index in [1.807, 2.05) is 0 Å². The van der Waals surface area contributed by atoms with Crippen LogP contribution in [0.25, 0.3) is 0 Å². The highest BCUT2D eigenvalue weighted by atomic mass is 16.5. The number of nitrogens with zero attached hydrogens (tertiary/aromatic N) is 2. The second kappa shape index (κ2) is 9.00. The zero-order valence-electron chi connectivity index (χ0n) is 13.7. The van der Waals surface area contributed by atoms with Gasteiger partial charge in [-0.3, -0.25) is 14.5 Å². The molecule has 1 rings (SSSR count). The van der Waals surface area contributed by atoms with E-state index in [9.17, 15) is 9.59 Å². The normalized spacial score (nSPS) is 19.7. The van der Waals surface area contributed by atoms with E-state index in [2.05, 4.69) is 24.1 Å². The van der Waals surface area contributed by atoms with Crippen molar-refractivity contribution in [1.82, 2.24) is 15.1 Å². The van der Waals surface area contributed by atoms with Gasteiger partial charge in [-0.15, -0.1) is 0 Å². The molecule has 21 heavy (non-hydrogen) atoms. The molecule has 0 saturated carbocycles. The molecule has 0 spiro atoms. The summed E-state index contributed by atoms with van der Waals surface area (Å²) in [5.41, 5.74) is 0. The minimum Gasteiger partial charge on any atom is -0.383 e. The largest absolute Gasteiger partial charge is 0.383 e. The van der Waals surface area contributed by atoms with Crippen molar-refractivity contribution in [3.63, 3.8) is 0 Å². The number of piperazine rings is 1. The summed E-state index contributed by atoms with van der Waals surface area (Å²) in [7, 11) is 3.36. The quantitative estimate of drug-likeness (QED) is 0.701. The highest BCUT2D eigenvalue weighted by molar-refractivity contribution is 5.88. The number of likely N-dealkylation sites (N-methyl/N-ethyl adjacent to an activating group) is 1. The zero-order chi connectivity index (χ0) is 15.8. The minimum absolute atomic E-state index is 0.0105. The van der Waals surface area contributed by atoms with E-state index in [-0.39, 0.29) is 24.3 Å². The Bertz CT molecular complexity index is 347. The molecule has 122 valence electrons. The molecule has 0 aromatic heterocycles. The zero-order valence-corrected chi connectivity index (χ0v) is 13.7. The molecular formula is C15H29N3O3. The van der Waals surface area contributed by atoms with Gasteiger partial charge in [-0.05, 0) is 18.9 Å². The summed E-state index contributed by atoms with van der Waals surface area (Å²) in [6, 6.07) is -0.338. The van der Waals surface area contributed by atoms with Crippen LogP contribution in [-0.4, -0.2) is 74.6 Å². The monoisotopic (exact) mass is 299 g/mol. The number of methoxy groups -OCH3 is 1. The van der Waals surface area contributed by atoms with Crippen LogP contribution in [0.4, 0.5) is 0 Å². The SMILES string of the molecule is COCCN(C)C(=O)C[C@@H]1C(=O)NCCN1CCC(C)C. The van der Waals surface area contributed by atoms with Crippen molar-refractivity contribution in [3.05, 3.63) is 0 Å². The fourth-order valence-electron chi connectivity index (χ4n) is 2.35. The van der Waals surface area contributed by atoms with Crippen LogP contribution in [0.3, 0.4) is 0 Å². The van der Waals surface area contributed by atoms with Gasteiger partial charge in [0.25, 0.3) is 0 Å². The summed E-state index contributed by atoms with van der Waals surface area (Å²) in [4.78, 5) is 28.1. The van der Waals surface area contributed by atoms with Gasteiger partial charge in [0.05, 0.1) is 19.1 Å². The number of carbonyl (C=O) groups excluding carboxylic acids is 2. The lowest BCUT2D eigenvalue weighted by atomic mass is 10.1. The molecule has 0 bridgehead atoms. The number of ether oxygens (including phenoxy) is 1. The van der Waals surface area contributed by atoms with Crippen LogP contribution in [-0.2, 0) is 14.3 Å². The van der Waals surface area contributed by atoms with Crippen LogP contribution in [0.5, 0.6) is 0 Å². The summed E-state index contributed by atoms with van der Waals surface area (Å²) < 4.78 is 4.98. The van der Waals surface area contributed by atoms with Gasteiger partial charge in [0.15, 0.2) is 0 Å². The van der Waals surface area contributed by atoms with Gasteiger partial charge in [-0.25, -0.2) is 0 Å². The lowest BCUT2D eigenvalue weighted by Gasteiger charge is -2.35. The molecule has 0 unspecified atom stereocenters. The second-order valence-corrected chi connectivity index (χ2v) is 6.04. The molecule has 0 aliphatic carbocycles. The number of hydrogen-bond acceptors (Lipinski definition) is 4. The van der Waals surface area contributed by atoms with Crippen molar-refractivity contribution < 1.29 is 14.3 Å². The first-order chi connectivity index (χ1) is 9.95. The number of amides is 2. The molecule has 0 radical (unpaired) electrons. The van der Waals surface area contributed by atoms with Gasteiger partial charge < -0.3 is 15.0 Å². The van der Waals surface area contributed by atoms with E-state index in [1.165, 1.54) is 0 Å². The first-order valence-electron chi connectivity index (χ1n) is 7.70. The van der Waals surface area contributed by atoms with E-state index in [0.29, 0.717) is 25.6 Å².